The maximum absolute atomic E-state index is 11.4. The Kier molecular flexibility index (Phi) is 2.95. The molecule has 0 saturated heterocycles. The van der Waals surface area contributed by atoms with Gasteiger partial charge in [-0.25, -0.2) is 0 Å². The van der Waals surface area contributed by atoms with E-state index in [-0.39, 0.29) is 5.92 Å². The molecule has 2 aliphatic carbocycles. The fourth-order valence-corrected chi connectivity index (χ4v) is 4.03. The number of carbonyl (C=O) groups is 1. The van der Waals surface area contributed by atoms with Gasteiger partial charge in [-0.15, -0.1) is 0 Å². The van der Waals surface area contributed by atoms with E-state index < -0.39 is 6.10 Å². The molecule has 2 aliphatic rings. The summed E-state index contributed by atoms with van der Waals surface area (Å²) in [5.41, 5.74) is 5.22. The van der Waals surface area contributed by atoms with Crippen LogP contribution in [-0.2, 0) is 4.79 Å². The van der Waals surface area contributed by atoms with Gasteiger partial charge in [0, 0.05) is 23.7 Å². The molecule has 1 N–H and O–H groups in total. The minimum Gasteiger partial charge on any atom is -0.388 e. The zero-order chi connectivity index (χ0) is 15.4. The van der Waals surface area contributed by atoms with Crippen LogP contribution < -0.4 is 0 Å². The highest BCUT2D eigenvalue weighted by molar-refractivity contribution is 5.97. The Morgan fingerprint density at radius 3 is 2.82 bits per heavy atom. The first kappa shape index (κ1) is 13.6. The highest BCUT2D eigenvalue weighted by Crippen LogP contribution is 2.47. The lowest BCUT2D eigenvalue weighted by Crippen LogP contribution is -2.00. The number of allylic oxidation sites excluding steroid dienone is 2. The number of aromatic nitrogens is 1. The lowest BCUT2D eigenvalue weighted by atomic mass is 9.95. The average Bonchev–Trinajstić information content (AvgIpc) is 3.02. The molecule has 0 radical (unpaired) electrons. The molecule has 1 aromatic carbocycles. The van der Waals surface area contributed by atoms with E-state index in [1.54, 1.807) is 0 Å². The highest BCUT2D eigenvalue weighted by Gasteiger charge is 2.31. The van der Waals surface area contributed by atoms with Crippen LogP contribution in [0.2, 0.25) is 0 Å². The van der Waals surface area contributed by atoms with E-state index in [0.29, 0.717) is 5.92 Å². The standard InChI is InChI=1S/C19H19NO2/c1-10-3-4-14(17(10)9-21)12-5-13-7-20-8-16-11(2)19(22)15(6-12)18(13)16/h5-11,19,22H,3-4H2,1-2H3/t10-,11+,19?/m1/s1. The van der Waals surface area contributed by atoms with Gasteiger partial charge in [-0.1, -0.05) is 13.8 Å². The summed E-state index contributed by atoms with van der Waals surface area (Å²) >= 11 is 0. The maximum atomic E-state index is 11.4. The summed E-state index contributed by atoms with van der Waals surface area (Å²) in [6, 6.07) is 4.20. The van der Waals surface area contributed by atoms with Gasteiger partial charge in [0.05, 0.1) is 6.10 Å². The number of carbonyl (C=O) groups excluding carboxylic acids is 1. The first-order valence-electron chi connectivity index (χ1n) is 7.90. The molecule has 2 aromatic rings. The number of rotatable bonds is 2. The van der Waals surface area contributed by atoms with Gasteiger partial charge in [-0.05, 0) is 64.1 Å². The lowest BCUT2D eigenvalue weighted by molar-refractivity contribution is -0.105. The number of pyridine rings is 1. The quantitative estimate of drug-likeness (QED) is 0.858. The number of nitrogens with zero attached hydrogens (tertiary/aromatic N) is 1. The van der Waals surface area contributed by atoms with Crippen LogP contribution in [0.3, 0.4) is 0 Å². The smallest absolute Gasteiger partial charge is 0.146 e. The van der Waals surface area contributed by atoms with Crippen molar-refractivity contribution in [1.29, 1.82) is 0 Å². The Morgan fingerprint density at radius 1 is 1.23 bits per heavy atom. The van der Waals surface area contributed by atoms with Crippen molar-refractivity contribution in [2.45, 2.75) is 38.7 Å². The molecule has 3 nitrogen and oxygen atoms in total. The molecule has 1 aromatic heterocycles. The third-order valence-corrected chi connectivity index (χ3v) is 5.38. The van der Waals surface area contributed by atoms with Crippen molar-refractivity contribution in [3.8, 4) is 0 Å². The zero-order valence-electron chi connectivity index (χ0n) is 12.8. The SMILES string of the molecule is C[C@@H]1CCC(c2cc3c4c(cncc4c2)[C@H](C)C3O)=C1C=O. The van der Waals surface area contributed by atoms with Gasteiger partial charge in [0.15, 0.2) is 0 Å². The van der Waals surface area contributed by atoms with Gasteiger partial charge < -0.3 is 5.11 Å². The Bertz CT molecular complexity index is 822. The molecule has 0 spiro atoms. The molecule has 0 bridgehead atoms. The van der Waals surface area contributed by atoms with Gasteiger partial charge in [0.25, 0.3) is 0 Å². The number of hydrogen-bond donors (Lipinski definition) is 1. The predicted molar refractivity (Wildman–Crippen MR) is 86.5 cm³/mol. The topological polar surface area (TPSA) is 50.2 Å². The van der Waals surface area contributed by atoms with Crippen molar-refractivity contribution in [1.82, 2.24) is 4.98 Å². The monoisotopic (exact) mass is 293 g/mol. The summed E-state index contributed by atoms with van der Waals surface area (Å²) in [4.78, 5) is 15.8. The Balaban J connectivity index is 1.98. The fraction of sp³-hybridized carbons (Fsp3) is 0.368. The third kappa shape index (κ3) is 1.72. The number of benzene rings is 1. The van der Waals surface area contributed by atoms with Crippen molar-refractivity contribution in [3.05, 3.63) is 46.8 Å². The molecule has 22 heavy (non-hydrogen) atoms. The molecule has 112 valence electrons. The molecular formula is C19H19NO2. The van der Waals surface area contributed by atoms with Crippen molar-refractivity contribution in [2.24, 2.45) is 5.92 Å². The van der Waals surface area contributed by atoms with Crippen molar-refractivity contribution in [2.75, 3.05) is 0 Å². The largest absolute Gasteiger partial charge is 0.388 e. The molecule has 4 rings (SSSR count). The molecule has 0 saturated carbocycles. The minimum atomic E-state index is -0.485. The van der Waals surface area contributed by atoms with Crippen LogP contribution in [0.4, 0.5) is 0 Å². The molecular weight excluding hydrogens is 274 g/mol. The molecule has 3 atom stereocenters. The summed E-state index contributed by atoms with van der Waals surface area (Å²) in [5.74, 6) is 0.397. The molecule has 1 unspecified atom stereocenters. The second-order valence-electron chi connectivity index (χ2n) is 6.62. The van der Waals surface area contributed by atoms with Crippen LogP contribution in [0.1, 0.15) is 55.4 Å². The second kappa shape index (κ2) is 4.75. The first-order valence-corrected chi connectivity index (χ1v) is 7.90. The zero-order valence-corrected chi connectivity index (χ0v) is 12.8. The van der Waals surface area contributed by atoms with Crippen molar-refractivity contribution < 1.29 is 9.90 Å². The summed E-state index contributed by atoms with van der Waals surface area (Å²) in [6.45, 7) is 4.14. The Labute approximate surface area is 129 Å². The van der Waals surface area contributed by atoms with Crippen LogP contribution in [0.5, 0.6) is 0 Å². The van der Waals surface area contributed by atoms with Crippen molar-refractivity contribution in [3.63, 3.8) is 0 Å². The van der Waals surface area contributed by atoms with E-state index in [2.05, 4.69) is 24.0 Å². The number of hydrogen-bond acceptors (Lipinski definition) is 3. The summed E-state index contributed by atoms with van der Waals surface area (Å²) in [6.07, 6.45) is 6.19. The molecule has 0 fully saturated rings. The molecule has 1 heterocycles. The highest BCUT2D eigenvalue weighted by atomic mass is 16.3. The van der Waals surface area contributed by atoms with Crippen LogP contribution >= 0.6 is 0 Å². The van der Waals surface area contributed by atoms with Crippen LogP contribution in [0.25, 0.3) is 16.3 Å². The fourth-order valence-electron chi connectivity index (χ4n) is 4.03. The molecule has 0 amide bonds. The summed E-state index contributed by atoms with van der Waals surface area (Å²) < 4.78 is 0. The van der Waals surface area contributed by atoms with Crippen LogP contribution in [0, 0.1) is 5.92 Å². The third-order valence-electron chi connectivity index (χ3n) is 5.38. The van der Waals surface area contributed by atoms with E-state index in [0.717, 1.165) is 57.7 Å². The van der Waals surface area contributed by atoms with E-state index in [1.807, 2.05) is 19.3 Å². The van der Waals surface area contributed by atoms with Crippen LogP contribution in [-0.4, -0.2) is 16.4 Å². The van der Waals surface area contributed by atoms with E-state index in [1.165, 1.54) is 0 Å². The van der Waals surface area contributed by atoms with E-state index in [4.69, 9.17) is 0 Å². The van der Waals surface area contributed by atoms with E-state index in [9.17, 15) is 9.90 Å². The lowest BCUT2D eigenvalue weighted by Gasteiger charge is -2.12. The molecule has 3 heteroatoms. The van der Waals surface area contributed by atoms with Gasteiger partial charge >= 0.3 is 0 Å². The minimum absolute atomic E-state index is 0.0727. The van der Waals surface area contributed by atoms with Gasteiger partial charge in [0.1, 0.15) is 6.29 Å². The van der Waals surface area contributed by atoms with Crippen LogP contribution in [0.15, 0.2) is 30.1 Å². The number of aliphatic hydroxyl groups is 1. The predicted octanol–water partition coefficient (Wildman–Crippen LogP) is 3.77. The van der Waals surface area contributed by atoms with E-state index >= 15 is 0 Å². The Morgan fingerprint density at radius 2 is 2.05 bits per heavy atom. The summed E-state index contributed by atoms with van der Waals surface area (Å²) in [5, 5.41) is 12.8. The van der Waals surface area contributed by atoms with Gasteiger partial charge in [0.2, 0.25) is 0 Å². The number of aliphatic hydroxyl groups excluding tert-OH is 1. The van der Waals surface area contributed by atoms with Crippen molar-refractivity contribution >= 4 is 22.6 Å². The number of aldehydes is 1. The molecule has 0 aliphatic heterocycles. The average molecular weight is 293 g/mol. The normalized spacial score (nSPS) is 27.0. The first-order chi connectivity index (χ1) is 10.6. The Hall–Kier alpha value is -2.00. The van der Waals surface area contributed by atoms with Gasteiger partial charge in [-0.3, -0.25) is 9.78 Å². The maximum Gasteiger partial charge on any atom is 0.146 e. The second-order valence-corrected chi connectivity index (χ2v) is 6.62. The van der Waals surface area contributed by atoms with Gasteiger partial charge in [-0.2, -0.15) is 0 Å². The summed E-state index contributed by atoms with van der Waals surface area (Å²) in [7, 11) is 0.